The second-order valence-electron chi connectivity index (χ2n) is 4.24. The molecule has 3 N–H and O–H groups in total. The number of benzene rings is 1. The molecule has 0 fully saturated rings. The largest absolute Gasteiger partial charge is 0.409 e. The fourth-order valence-electron chi connectivity index (χ4n) is 1.73. The van der Waals surface area contributed by atoms with E-state index in [0.29, 0.717) is 15.6 Å². The van der Waals surface area contributed by atoms with Crippen LogP contribution in [-0.2, 0) is 5.75 Å². The van der Waals surface area contributed by atoms with Crippen molar-refractivity contribution >= 4 is 29.2 Å². The lowest BCUT2D eigenvalue weighted by molar-refractivity contribution is 0.318. The SMILES string of the molecule is Cc1cccc(CSc2nccc(/C(N)=N/O)c2Cl)c1. The summed E-state index contributed by atoms with van der Waals surface area (Å²) in [4.78, 5) is 4.23. The molecule has 2 rings (SSSR count). The Hall–Kier alpha value is -1.72. The summed E-state index contributed by atoms with van der Waals surface area (Å²) < 4.78 is 0. The van der Waals surface area contributed by atoms with E-state index in [2.05, 4.69) is 35.3 Å². The van der Waals surface area contributed by atoms with Gasteiger partial charge < -0.3 is 10.9 Å². The van der Waals surface area contributed by atoms with Gasteiger partial charge >= 0.3 is 0 Å². The number of nitrogens with two attached hydrogens (primary N) is 1. The van der Waals surface area contributed by atoms with Crippen LogP contribution in [0.3, 0.4) is 0 Å². The molecule has 0 aliphatic carbocycles. The van der Waals surface area contributed by atoms with E-state index in [1.807, 2.05) is 6.07 Å². The summed E-state index contributed by atoms with van der Waals surface area (Å²) in [7, 11) is 0. The van der Waals surface area contributed by atoms with E-state index >= 15 is 0 Å². The quantitative estimate of drug-likeness (QED) is 0.298. The first kappa shape index (κ1) is 14.7. The number of hydrogen-bond donors (Lipinski definition) is 2. The Bertz CT molecular complexity index is 646. The highest BCUT2D eigenvalue weighted by Crippen LogP contribution is 2.30. The van der Waals surface area contributed by atoms with Crippen molar-refractivity contribution in [2.45, 2.75) is 17.7 Å². The molecule has 0 saturated heterocycles. The van der Waals surface area contributed by atoms with Crippen molar-refractivity contribution in [3.05, 3.63) is 58.2 Å². The lowest BCUT2D eigenvalue weighted by Gasteiger charge is -2.07. The molecular formula is C14H14ClN3OS. The van der Waals surface area contributed by atoms with Crippen LogP contribution in [0, 0.1) is 6.92 Å². The van der Waals surface area contributed by atoms with Gasteiger partial charge in [-0.25, -0.2) is 4.98 Å². The highest BCUT2D eigenvalue weighted by atomic mass is 35.5. The number of halogens is 1. The van der Waals surface area contributed by atoms with Gasteiger partial charge in [-0.05, 0) is 18.6 Å². The molecule has 0 aliphatic heterocycles. The smallest absolute Gasteiger partial charge is 0.171 e. The first-order valence-corrected chi connectivity index (χ1v) is 7.29. The van der Waals surface area contributed by atoms with E-state index in [4.69, 9.17) is 22.5 Å². The number of nitrogens with zero attached hydrogens (tertiary/aromatic N) is 2. The van der Waals surface area contributed by atoms with Crippen molar-refractivity contribution in [3.63, 3.8) is 0 Å². The minimum absolute atomic E-state index is 0.0187. The molecule has 6 heteroatoms. The Morgan fingerprint density at radius 3 is 2.95 bits per heavy atom. The van der Waals surface area contributed by atoms with Crippen LogP contribution < -0.4 is 5.73 Å². The van der Waals surface area contributed by atoms with Gasteiger partial charge in [0.2, 0.25) is 0 Å². The Balaban J connectivity index is 2.18. The molecule has 4 nitrogen and oxygen atoms in total. The molecule has 104 valence electrons. The molecule has 1 heterocycles. The van der Waals surface area contributed by atoms with Crippen LogP contribution in [-0.4, -0.2) is 16.0 Å². The second kappa shape index (κ2) is 6.63. The van der Waals surface area contributed by atoms with Crippen LogP contribution in [0.1, 0.15) is 16.7 Å². The van der Waals surface area contributed by atoms with E-state index in [0.717, 1.165) is 5.75 Å². The lowest BCUT2D eigenvalue weighted by Crippen LogP contribution is -2.14. The van der Waals surface area contributed by atoms with Gasteiger partial charge in [0, 0.05) is 17.5 Å². The Morgan fingerprint density at radius 1 is 1.45 bits per heavy atom. The maximum atomic E-state index is 8.72. The first-order chi connectivity index (χ1) is 9.61. The average molecular weight is 308 g/mol. The van der Waals surface area contributed by atoms with Gasteiger partial charge in [0.05, 0.1) is 5.02 Å². The van der Waals surface area contributed by atoms with Crippen LogP contribution >= 0.6 is 23.4 Å². The molecular weight excluding hydrogens is 294 g/mol. The van der Waals surface area contributed by atoms with Crippen LogP contribution in [0.2, 0.25) is 5.02 Å². The van der Waals surface area contributed by atoms with E-state index in [-0.39, 0.29) is 5.84 Å². The van der Waals surface area contributed by atoms with Crippen LogP contribution in [0.4, 0.5) is 0 Å². The van der Waals surface area contributed by atoms with Gasteiger partial charge in [-0.3, -0.25) is 0 Å². The van der Waals surface area contributed by atoms with E-state index in [1.54, 1.807) is 12.3 Å². The third-order valence-electron chi connectivity index (χ3n) is 2.70. The normalized spacial score (nSPS) is 11.6. The van der Waals surface area contributed by atoms with Gasteiger partial charge in [0.1, 0.15) is 5.03 Å². The predicted molar refractivity (Wildman–Crippen MR) is 82.5 cm³/mol. The molecule has 0 aliphatic rings. The van der Waals surface area contributed by atoms with Crippen molar-refractivity contribution in [1.29, 1.82) is 0 Å². The zero-order chi connectivity index (χ0) is 14.5. The molecule has 0 unspecified atom stereocenters. The Kier molecular flexibility index (Phi) is 4.87. The number of oxime groups is 1. The third-order valence-corrected chi connectivity index (χ3v) is 4.25. The average Bonchev–Trinajstić information content (AvgIpc) is 2.45. The minimum atomic E-state index is -0.0187. The minimum Gasteiger partial charge on any atom is -0.409 e. The van der Waals surface area contributed by atoms with Gasteiger partial charge in [0.25, 0.3) is 0 Å². The van der Waals surface area contributed by atoms with Crippen molar-refractivity contribution in [2.75, 3.05) is 0 Å². The molecule has 0 amide bonds. The van der Waals surface area contributed by atoms with Gasteiger partial charge in [-0.2, -0.15) is 0 Å². The van der Waals surface area contributed by atoms with E-state index < -0.39 is 0 Å². The number of amidine groups is 1. The molecule has 0 radical (unpaired) electrons. The maximum Gasteiger partial charge on any atom is 0.171 e. The van der Waals surface area contributed by atoms with Crippen LogP contribution in [0.15, 0.2) is 46.7 Å². The number of rotatable bonds is 4. The lowest BCUT2D eigenvalue weighted by atomic mass is 10.2. The van der Waals surface area contributed by atoms with Crippen molar-refractivity contribution in [1.82, 2.24) is 4.98 Å². The second-order valence-corrected chi connectivity index (χ2v) is 5.58. The number of aryl methyl sites for hydroxylation is 1. The van der Waals surface area contributed by atoms with Crippen molar-refractivity contribution < 1.29 is 5.21 Å². The summed E-state index contributed by atoms with van der Waals surface area (Å²) in [6, 6.07) is 9.87. The number of pyridine rings is 1. The summed E-state index contributed by atoms with van der Waals surface area (Å²) in [6.45, 7) is 2.05. The summed E-state index contributed by atoms with van der Waals surface area (Å²) in [5.41, 5.74) is 8.46. The Morgan fingerprint density at radius 2 is 2.25 bits per heavy atom. The molecule has 20 heavy (non-hydrogen) atoms. The molecule has 0 atom stereocenters. The van der Waals surface area contributed by atoms with E-state index in [1.165, 1.54) is 22.9 Å². The molecule has 0 spiro atoms. The number of thioether (sulfide) groups is 1. The first-order valence-electron chi connectivity index (χ1n) is 5.92. The van der Waals surface area contributed by atoms with Crippen molar-refractivity contribution in [3.8, 4) is 0 Å². The monoisotopic (exact) mass is 307 g/mol. The van der Waals surface area contributed by atoms with Crippen molar-refractivity contribution in [2.24, 2.45) is 10.9 Å². The summed E-state index contributed by atoms with van der Waals surface area (Å²) in [5, 5.41) is 12.7. The summed E-state index contributed by atoms with van der Waals surface area (Å²) in [6.07, 6.45) is 1.60. The van der Waals surface area contributed by atoms with Gasteiger partial charge in [-0.1, -0.05) is 46.6 Å². The zero-order valence-electron chi connectivity index (χ0n) is 10.9. The highest BCUT2D eigenvalue weighted by Gasteiger charge is 2.11. The standard InChI is InChI=1S/C14H14ClN3OS/c1-9-3-2-4-10(7-9)8-20-14-12(15)11(5-6-17-14)13(16)18-19/h2-7,19H,8H2,1H3,(H2,16,18). The van der Waals surface area contributed by atoms with Gasteiger partial charge in [0.15, 0.2) is 5.84 Å². The van der Waals surface area contributed by atoms with Gasteiger partial charge in [-0.15, -0.1) is 11.8 Å². The number of aromatic nitrogens is 1. The fourth-order valence-corrected chi connectivity index (χ4v) is 2.96. The maximum absolute atomic E-state index is 8.72. The van der Waals surface area contributed by atoms with Crippen LogP contribution in [0.5, 0.6) is 0 Å². The summed E-state index contributed by atoms with van der Waals surface area (Å²) in [5.74, 6) is 0.739. The molecule has 2 aromatic rings. The topological polar surface area (TPSA) is 71.5 Å². The predicted octanol–water partition coefficient (Wildman–Crippen LogP) is 3.43. The third kappa shape index (κ3) is 3.43. The van der Waals surface area contributed by atoms with E-state index in [9.17, 15) is 0 Å². The zero-order valence-corrected chi connectivity index (χ0v) is 12.4. The molecule has 0 saturated carbocycles. The number of hydrogen-bond acceptors (Lipinski definition) is 4. The molecule has 1 aromatic carbocycles. The Labute approximate surface area is 126 Å². The molecule has 0 bridgehead atoms. The van der Waals surface area contributed by atoms with Crippen LogP contribution in [0.25, 0.3) is 0 Å². The summed E-state index contributed by atoms with van der Waals surface area (Å²) >= 11 is 7.74. The fraction of sp³-hybridized carbons (Fsp3) is 0.143. The highest BCUT2D eigenvalue weighted by molar-refractivity contribution is 7.98. The molecule has 1 aromatic heterocycles.